The molecule has 0 aliphatic heterocycles. The van der Waals surface area contributed by atoms with Crippen LogP contribution in [0.5, 0.6) is 6.01 Å². The first kappa shape index (κ1) is 22.2. The highest BCUT2D eigenvalue weighted by Crippen LogP contribution is 2.23. The third-order valence-electron chi connectivity index (χ3n) is 4.38. The van der Waals surface area contributed by atoms with Crippen molar-refractivity contribution < 1.29 is 13.2 Å². The summed E-state index contributed by atoms with van der Waals surface area (Å²) in [6.07, 6.45) is 2.92. The summed E-state index contributed by atoms with van der Waals surface area (Å²) in [5.74, 6) is 0. The number of benzene rings is 2. The summed E-state index contributed by atoms with van der Waals surface area (Å²) in [4.78, 5) is 6.68. The molecule has 0 aliphatic rings. The Hall–Kier alpha value is -2.49. The van der Waals surface area contributed by atoms with E-state index in [0.29, 0.717) is 18.3 Å². The number of nitrogens with zero attached hydrogens (tertiary/aromatic N) is 3. The molecule has 7 nitrogen and oxygen atoms in total. The van der Waals surface area contributed by atoms with Gasteiger partial charge in [0, 0.05) is 24.3 Å². The van der Waals surface area contributed by atoms with E-state index in [2.05, 4.69) is 26.0 Å². The first-order valence-electron chi connectivity index (χ1n) is 9.66. The molecule has 3 aromatic rings. The Morgan fingerprint density at radius 1 is 1.07 bits per heavy atom. The summed E-state index contributed by atoms with van der Waals surface area (Å²) >= 11 is 1.34. The van der Waals surface area contributed by atoms with Crippen molar-refractivity contribution in [3.63, 3.8) is 0 Å². The number of aromatic nitrogens is 2. The molecular formula is C21H26N4O3S2. The van der Waals surface area contributed by atoms with Gasteiger partial charge in [-0.1, -0.05) is 42.5 Å². The Morgan fingerprint density at radius 3 is 2.50 bits per heavy atom. The van der Waals surface area contributed by atoms with Crippen LogP contribution in [0.3, 0.4) is 0 Å². The smallest absolute Gasteiger partial charge is 0.328 e. The summed E-state index contributed by atoms with van der Waals surface area (Å²) in [7, 11) is -1.16. The van der Waals surface area contributed by atoms with Crippen molar-refractivity contribution in [3.8, 4) is 16.6 Å². The van der Waals surface area contributed by atoms with E-state index >= 15 is 0 Å². The Morgan fingerprint density at radius 2 is 1.80 bits per heavy atom. The number of anilines is 1. The number of hydrogen-bond donors (Lipinski definition) is 1. The second kappa shape index (κ2) is 10.5. The predicted octanol–water partition coefficient (Wildman–Crippen LogP) is 3.52. The SMILES string of the molecule is CN(CCCOc1nsc(-c2ccccc2)n1)CCc1ccc(NS(C)(=O)=O)cc1. The molecule has 1 heterocycles. The lowest BCUT2D eigenvalue weighted by Gasteiger charge is -2.16. The lowest BCUT2D eigenvalue weighted by Crippen LogP contribution is -2.23. The monoisotopic (exact) mass is 446 g/mol. The van der Waals surface area contributed by atoms with Crippen LogP contribution in [-0.4, -0.2) is 55.7 Å². The highest BCUT2D eigenvalue weighted by atomic mass is 32.2. The largest absolute Gasteiger partial charge is 0.463 e. The van der Waals surface area contributed by atoms with Crippen molar-refractivity contribution in [2.75, 3.05) is 37.7 Å². The predicted molar refractivity (Wildman–Crippen MR) is 122 cm³/mol. The second-order valence-electron chi connectivity index (χ2n) is 7.07. The summed E-state index contributed by atoms with van der Waals surface area (Å²) in [6.45, 7) is 2.39. The first-order chi connectivity index (χ1) is 14.4. The normalized spacial score (nSPS) is 11.6. The molecule has 1 N–H and O–H groups in total. The highest BCUT2D eigenvalue weighted by molar-refractivity contribution is 7.92. The van der Waals surface area contributed by atoms with Crippen LogP contribution in [0.15, 0.2) is 54.6 Å². The minimum absolute atomic E-state index is 0.435. The van der Waals surface area contributed by atoms with Crippen molar-refractivity contribution in [2.24, 2.45) is 0 Å². The van der Waals surface area contributed by atoms with E-state index in [-0.39, 0.29) is 0 Å². The molecule has 0 saturated carbocycles. The molecule has 3 rings (SSSR count). The van der Waals surface area contributed by atoms with Crippen molar-refractivity contribution in [2.45, 2.75) is 12.8 Å². The van der Waals surface area contributed by atoms with Gasteiger partial charge in [-0.15, -0.1) is 4.37 Å². The average Bonchev–Trinajstić information content (AvgIpc) is 3.19. The van der Waals surface area contributed by atoms with Crippen LogP contribution < -0.4 is 9.46 Å². The summed E-state index contributed by atoms with van der Waals surface area (Å²) in [5.41, 5.74) is 2.79. The number of rotatable bonds is 11. The van der Waals surface area contributed by atoms with Crippen molar-refractivity contribution in [1.82, 2.24) is 14.3 Å². The van der Waals surface area contributed by atoms with E-state index in [1.807, 2.05) is 42.5 Å². The molecule has 0 radical (unpaired) electrons. The molecule has 160 valence electrons. The molecular weight excluding hydrogens is 420 g/mol. The number of hydrogen-bond acceptors (Lipinski definition) is 7. The van der Waals surface area contributed by atoms with Crippen LogP contribution >= 0.6 is 11.5 Å². The van der Waals surface area contributed by atoms with Crippen LogP contribution in [0.4, 0.5) is 5.69 Å². The molecule has 0 bridgehead atoms. The maximum absolute atomic E-state index is 11.2. The molecule has 0 spiro atoms. The summed E-state index contributed by atoms with van der Waals surface area (Å²) in [6, 6.07) is 17.9. The fourth-order valence-electron chi connectivity index (χ4n) is 2.85. The average molecular weight is 447 g/mol. The molecule has 2 aromatic carbocycles. The van der Waals surface area contributed by atoms with Gasteiger partial charge in [-0.2, -0.15) is 4.98 Å². The topological polar surface area (TPSA) is 84.4 Å². The third kappa shape index (κ3) is 7.40. The minimum Gasteiger partial charge on any atom is -0.463 e. The molecule has 0 fully saturated rings. The van der Waals surface area contributed by atoms with Crippen molar-refractivity contribution in [3.05, 3.63) is 60.2 Å². The second-order valence-corrected chi connectivity index (χ2v) is 9.57. The fraction of sp³-hybridized carbons (Fsp3) is 0.333. The minimum atomic E-state index is -3.24. The quantitative estimate of drug-likeness (QED) is 0.454. The number of nitrogens with one attached hydrogen (secondary N) is 1. The maximum atomic E-state index is 11.2. The standard InChI is InChI=1S/C21H26N4O3S2/c1-25(15-13-17-9-11-19(12-10-17)24-30(2,26)27)14-6-16-28-21-22-20(29-23-21)18-7-4-3-5-8-18/h3-5,7-12,24H,6,13-16H2,1-2H3. The molecule has 1 aromatic heterocycles. The van der Waals surface area contributed by atoms with Gasteiger partial charge in [0.25, 0.3) is 0 Å². The van der Waals surface area contributed by atoms with E-state index in [4.69, 9.17) is 4.74 Å². The van der Waals surface area contributed by atoms with Crippen LogP contribution in [0.25, 0.3) is 10.6 Å². The maximum Gasteiger partial charge on any atom is 0.328 e. The van der Waals surface area contributed by atoms with Gasteiger partial charge in [0.2, 0.25) is 10.0 Å². The highest BCUT2D eigenvalue weighted by Gasteiger charge is 2.07. The molecule has 0 unspecified atom stereocenters. The zero-order chi connectivity index (χ0) is 21.4. The van der Waals surface area contributed by atoms with E-state index in [1.165, 1.54) is 11.5 Å². The fourth-order valence-corrected chi connectivity index (χ4v) is 4.03. The summed E-state index contributed by atoms with van der Waals surface area (Å²) in [5, 5.41) is 0.862. The van der Waals surface area contributed by atoms with E-state index in [1.54, 1.807) is 12.1 Å². The number of sulfonamides is 1. The zero-order valence-corrected chi connectivity index (χ0v) is 18.7. The molecule has 0 aliphatic carbocycles. The van der Waals surface area contributed by atoms with Gasteiger partial charge in [-0.05, 0) is 49.1 Å². The molecule has 0 amide bonds. The van der Waals surface area contributed by atoms with Gasteiger partial charge in [0.15, 0.2) is 0 Å². The van der Waals surface area contributed by atoms with Gasteiger partial charge in [0.05, 0.1) is 12.9 Å². The van der Waals surface area contributed by atoms with Crippen molar-refractivity contribution >= 4 is 27.2 Å². The Bertz CT molecular complexity index is 1020. The Balaban J connectivity index is 1.34. The lowest BCUT2D eigenvalue weighted by atomic mass is 10.1. The van der Waals surface area contributed by atoms with Gasteiger partial charge < -0.3 is 9.64 Å². The van der Waals surface area contributed by atoms with Crippen LogP contribution in [0.2, 0.25) is 0 Å². The molecule has 0 atom stereocenters. The van der Waals surface area contributed by atoms with E-state index in [0.717, 1.165) is 48.3 Å². The van der Waals surface area contributed by atoms with Gasteiger partial charge >= 0.3 is 6.01 Å². The van der Waals surface area contributed by atoms with Gasteiger partial charge in [-0.25, -0.2) is 8.42 Å². The molecule has 0 saturated heterocycles. The summed E-state index contributed by atoms with van der Waals surface area (Å²) < 4.78 is 34.9. The van der Waals surface area contributed by atoms with Gasteiger partial charge in [0.1, 0.15) is 5.01 Å². The van der Waals surface area contributed by atoms with Crippen LogP contribution in [0.1, 0.15) is 12.0 Å². The van der Waals surface area contributed by atoms with Crippen molar-refractivity contribution in [1.29, 1.82) is 0 Å². The Labute approximate surface area is 182 Å². The zero-order valence-electron chi connectivity index (χ0n) is 17.1. The van der Waals surface area contributed by atoms with Gasteiger partial charge in [-0.3, -0.25) is 4.72 Å². The van der Waals surface area contributed by atoms with Crippen LogP contribution in [-0.2, 0) is 16.4 Å². The first-order valence-corrected chi connectivity index (χ1v) is 12.3. The van der Waals surface area contributed by atoms with E-state index < -0.39 is 10.0 Å². The molecule has 9 heteroatoms. The van der Waals surface area contributed by atoms with E-state index in [9.17, 15) is 8.42 Å². The lowest BCUT2D eigenvalue weighted by molar-refractivity contribution is 0.253. The Kier molecular flexibility index (Phi) is 7.78. The molecule has 30 heavy (non-hydrogen) atoms. The van der Waals surface area contributed by atoms with Crippen LogP contribution in [0, 0.1) is 0 Å². The number of likely N-dealkylation sites (N-methyl/N-ethyl adjacent to an activating group) is 1. The third-order valence-corrected chi connectivity index (χ3v) is 5.74. The number of ether oxygens (including phenoxy) is 1.